The molecule has 1 atom stereocenters. The number of benzene rings is 2. The molecule has 3 rings (SSSR count). The first-order valence-electron chi connectivity index (χ1n) is 9.01. The zero-order chi connectivity index (χ0) is 23.1. The summed E-state index contributed by atoms with van der Waals surface area (Å²) in [5.74, 6) is -3.16. The first kappa shape index (κ1) is 22.3. The smallest absolute Gasteiger partial charge is 0.319 e. The molecular formula is C20H19F2N3O5S. The van der Waals surface area contributed by atoms with Crippen LogP contribution in [0.1, 0.15) is 22.8 Å². The number of Topliss-reactive ketones (excluding diaryl/α,β-unsaturated/α-hetero) is 1. The van der Waals surface area contributed by atoms with Gasteiger partial charge < -0.3 is 5.32 Å². The van der Waals surface area contributed by atoms with Crippen LogP contribution in [0, 0.1) is 11.6 Å². The van der Waals surface area contributed by atoms with E-state index in [1.807, 2.05) is 0 Å². The second-order valence-electron chi connectivity index (χ2n) is 7.27. The zero-order valence-electron chi connectivity index (χ0n) is 16.8. The largest absolute Gasteiger partial charge is 0.325 e. The summed E-state index contributed by atoms with van der Waals surface area (Å²) in [7, 11) is -2.13. The highest BCUT2D eigenvalue weighted by Crippen LogP contribution is 2.31. The fraction of sp³-hybridized carbons (Fsp3) is 0.250. The number of halogens is 2. The van der Waals surface area contributed by atoms with E-state index in [-0.39, 0.29) is 11.1 Å². The number of nitrogens with one attached hydrogen (secondary N) is 1. The average molecular weight is 451 g/mol. The molecule has 1 aliphatic rings. The molecule has 1 aliphatic heterocycles. The Morgan fingerprint density at radius 1 is 1.13 bits per heavy atom. The van der Waals surface area contributed by atoms with Gasteiger partial charge >= 0.3 is 6.03 Å². The fourth-order valence-electron chi connectivity index (χ4n) is 3.19. The number of anilines is 1. The van der Waals surface area contributed by atoms with Gasteiger partial charge in [-0.3, -0.25) is 18.8 Å². The van der Waals surface area contributed by atoms with Gasteiger partial charge in [-0.15, -0.1) is 0 Å². The Balaban J connectivity index is 1.81. The molecule has 31 heavy (non-hydrogen) atoms. The molecule has 0 aliphatic carbocycles. The van der Waals surface area contributed by atoms with Crippen molar-refractivity contribution >= 4 is 33.4 Å². The third-order valence-electron chi connectivity index (χ3n) is 5.09. The molecule has 11 heteroatoms. The van der Waals surface area contributed by atoms with Crippen molar-refractivity contribution in [3.05, 3.63) is 65.2 Å². The summed E-state index contributed by atoms with van der Waals surface area (Å²) in [5, 5.41) is 2.32. The lowest BCUT2D eigenvalue weighted by atomic mass is 9.91. The Hall–Kier alpha value is -3.34. The summed E-state index contributed by atoms with van der Waals surface area (Å²) in [6.07, 6.45) is 1.03. The maximum Gasteiger partial charge on any atom is 0.325 e. The Bertz CT molecular complexity index is 1180. The molecule has 3 amide bonds. The number of carbonyl (C=O) groups excluding carboxylic acids is 3. The Labute approximate surface area is 177 Å². The van der Waals surface area contributed by atoms with Crippen LogP contribution in [0.5, 0.6) is 0 Å². The molecule has 2 aromatic carbocycles. The van der Waals surface area contributed by atoms with Gasteiger partial charge in [0.15, 0.2) is 5.78 Å². The normalized spacial score (nSPS) is 18.8. The zero-order valence-corrected chi connectivity index (χ0v) is 17.7. The lowest BCUT2D eigenvalue weighted by Gasteiger charge is -2.22. The minimum absolute atomic E-state index is 0.136. The number of amides is 3. The summed E-state index contributed by atoms with van der Waals surface area (Å²) in [4.78, 5) is 38.4. The summed E-state index contributed by atoms with van der Waals surface area (Å²) in [5.41, 5.74) is -1.76. The standard InChI is InChI=1S/C20H19F2N3O5S/c1-20(15-10-13(21)6-9-16(15)22)18(27)25(19(28)23-20)11-17(26)12-4-7-14(8-5-12)24(2)31(3,29)30/h4-10H,11H2,1-3H3,(H,23,28)/t20-/m1/s1. The highest BCUT2D eigenvalue weighted by molar-refractivity contribution is 7.92. The molecule has 1 heterocycles. The van der Waals surface area contributed by atoms with Crippen molar-refractivity contribution in [2.24, 2.45) is 0 Å². The minimum atomic E-state index is -3.48. The molecule has 1 saturated heterocycles. The molecule has 0 unspecified atom stereocenters. The number of ketones is 1. The van der Waals surface area contributed by atoms with E-state index in [1.165, 1.54) is 38.2 Å². The molecule has 0 spiro atoms. The van der Waals surface area contributed by atoms with Crippen molar-refractivity contribution in [1.29, 1.82) is 0 Å². The molecule has 0 aromatic heterocycles. The topological polar surface area (TPSA) is 104 Å². The van der Waals surface area contributed by atoms with Crippen LogP contribution < -0.4 is 9.62 Å². The number of carbonyl (C=O) groups is 3. The van der Waals surface area contributed by atoms with Crippen LogP contribution >= 0.6 is 0 Å². The second-order valence-corrected chi connectivity index (χ2v) is 9.28. The predicted molar refractivity (Wildman–Crippen MR) is 108 cm³/mol. The van der Waals surface area contributed by atoms with E-state index in [1.54, 1.807) is 0 Å². The van der Waals surface area contributed by atoms with Gasteiger partial charge in [-0.05, 0) is 49.4 Å². The summed E-state index contributed by atoms with van der Waals surface area (Å²) < 4.78 is 52.0. The van der Waals surface area contributed by atoms with Gasteiger partial charge in [-0.1, -0.05) is 0 Å². The van der Waals surface area contributed by atoms with Gasteiger partial charge in [0.25, 0.3) is 5.91 Å². The number of hydrogen-bond acceptors (Lipinski definition) is 5. The molecule has 8 nitrogen and oxygen atoms in total. The molecule has 164 valence electrons. The van der Waals surface area contributed by atoms with Crippen LogP contribution in [0.2, 0.25) is 0 Å². The molecule has 1 N–H and O–H groups in total. The monoisotopic (exact) mass is 451 g/mol. The minimum Gasteiger partial charge on any atom is -0.319 e. The maximum absolute atomic E-state index is 14.2. The second kappa shape index (κ2) is 7.73. The molecule has 0 saturated carbocycles. The number of nitrogens with zero attached hydrogens (tertiary/aromatic N) is 2. The number of imide groups is 1. The number of urea groups is 1. The van der Waals surface area contributed by atoms with Crippen molar-refractivity contribution in [3.63, 3.8) is 0 Å². The fourth-order valence-corrected chi connectivity index (χ4v) is 3.69. The SMILES string of the molecule is CN(c1ccc(C(=O)CN2C(=O)N[C@](C)(c3cc(F)ccc3F)C2=O)cc1)S(C)(=O)=O. The van der Waals surface area contributed by atoms with Gasteiger partial charge in [0.05, 0.1) is 18.5 Å². The molecule has 0 radical (unpaired) electrons. The Kier molecular flexibility index (Phi) is 5.57. The van der Waals surface area contributed by atoms with Crippen molar-refractivity contribution in [2.45, 2.75) is 12.5 Å². The van der Waals surface area contributed by atoms with E-state index in [9.17, 15) is 31.6 Å². The van der Waals surface area contributed by atoms with Crippen LogP contribution in [0.3, 0.4) is 0 Å². The lowest BCUT2D eigenvalue weighted by molar-refractivity contribution is -0.130. The van der Waals surface area contributed by atoms with E-state index < -0.39 is 51.5 Å². The third kappa shape index (κ3) is 4.13. The number of hydrogen-bond donors (Lipinski definition) is 1. The van der Waals surface area contributed by atoms with Crippen LogP contribution in [0.25, 0.3) is 0 Å². The van der Waals surface area contributed by atoms with E-state index in [0.29, 0.717) is 10.6 Å². The van der Waals surface area contributed by atoms with Crippen LogP contribution in [0.15, 0.2) is 42.5 Å². The highest BCUT2D eigenvalue weighted by Gasteiger charge is 2.50. The predicted octanol–water partition coefficient (Wildman–Crippen LogP) is 2.01. The van der Waals surface area contributed by atoms with Crippen LogP contribution in [0.4, 0.5) is 19.3 Å². The van der Waals surface area contributed by atoms with Gasteiger partial charge in [-0.2, -0.15) is 0 Å². The van der Waals surface area contributed by atoms with Gasteiger partial charge in [-0.25, -0.2) is 22.0 Å². The third-order valence-corrected chi connectivity index (χ3v) is 6.30. The van der Waals surface area contributed by atoms with Crippen molar-refractivity contribution in [2.75, 3.05) is 24.2 Å². The summed E-state index contributed by atoms with van der Waals surface area (Å²) in [6, 6.07) is 7.17. The number of rotatable bonds is 6. The van der Waals surface area contributed by atoms with Crippen LogP contribution in [-0.4, -0.2) is 50.9 Å². The Morgan fingerprint density at radius 2 is 1.74 bits per heavy atom. The van der Waals surface area contributed by atoms with Crippen molar-refractivity contribution in [3.8, 4) is 0 Å². The average Bonchev–Trinajstić information content (AvgIpc) is 2.92. The van der Waals surface area contributed by atoms with E-state index >= 15 is 0 Å². The lowest BCUT2D eigenvalue weighted by Crippen LogP contribution is -2.42. The van der Waals surface area contributed by atoms with E-state index in [0.717, 1.165) is 28.8 Å². The Morgan fingerprint density at radius 3 is 2.32 bits per heavy atom. The van der Waals surface area contributed by atoms with Gasteiger partial charge in [0.2, 0.25) is 10.0 Å². The van der Waals surface area contributed by atoms with Crippen molar-refractivity contribution in [1.82, 2.24) is 10.2 Å². The van der Waals surface area contributed by atoms with Crippen LogP contribution in [-0.2, 0) is 20.4 Å². The quantitative estimate of drug-likeness (QED) is 0.535. The maximum atomic E-state index is 14.2. The number of sulfonamides is 1. The van der Waals surface area contributed by atoms with E-state index in [4.69, 9.17) is 0 Å². The summed E-state index contributed by atoms with van der Waals surface area (Å²) >= 11 is 0. The summed E-state index contributed by atoms with van der Waals surface area (Å²) in [6.45, 7) is 0.601. The first-order chi connectivity index (χ1) is 14.3. The molecule has 2 aromatic rings. The van der Waals surface area contributed by atoms with Crippen molar-refractivity contribution < 1.29 is 31.6 Å². The van der Waals surface area contributed by atoms with Gasteiger partial charge in [0, 0.05) is 18.2 Å². The highest BCUT2D eigenvalue weighted by atomic mass is 32.2. The van der Waals surface area contributed by atoms with E-state index in [2.05, 4.69) is 5.32 Å². The molecule has 0 bridgehead atoms. The van der Waals surface area contributed by atoms with Gasteiger partial charge in [0.1, 0.15) is 17.2 Å². The first-order valence-corrected chi connectivity index (χ1v) is 10.9. The molecule has 1 fully saturated rings. The molecular weight excluding hydrogens is 432 g/mol.